The number of carbonyl (C=O) groups is 1. The molecule has 1 aliphatic heterocycles. The number of rotatable bonds is 7. The number of halogens is 1. The molecule has 0 aliphatic carbocycles. The zero-order valence-electron chi connectivity index (χ0n) is 16.9. The number of hydrogen-bond donors (Lipinski definition) is 2. The smallest absolute Gasteiger partial charge is 0.244 e. The number of amides is 1. The van der Waals surface area contributed by atoms with E-state index in [9.17, 15) is 9.90 Å². The SMILES string of the molecule is COc1ccc(Cc2nc([C@@H](C)N)n(CC(=O)N3CC[C@@H](O)C3)n2)cc1OC.Cl. The molecule has 1 saturated heterocycles. The number of likely N-dealkylation sites (tertiary alicyclic amines) is 1. The minimum absolute atomic E-state index is 0. The fourth-order valence-corrected chi connectivity index (χ4v) is 3.30. The van der Waals surface area contributed by atoms with E-state index in [0.717, 1.165) is 5.56 Å². The molecular formula is C19H28ClN5O4. The van der Waals surface area contributed by atoms with Crippen molar-refractivity contribution in [2.75, 3.05) is 27.3 Å². The van der Waals surface area contributed by atoms with Crippen molar-refractivity contribution in [3.63, 3.8) is 0 Å². The maximum absolute atomic E-state index is 12.5. The number of nitrogens with zero attached hydrogens (tertiary/aromatic N) is 4. The third-order valence-corrected chi connectivity index (χ3v) is 4.76. The van der Waals surface area contributed by atoms with E-state index in [1.54, 1.807) is 23.8 Å². The predicted molar refractivity (Wildman–Crippen MR) is 109 cm³/mol. The van der Waals surface area contributed by atoms with Crippen molar-refractivity contribution >= 4 is 18.3 Å². The zero-order valence-corrected chi connectivity index (χ0v) is 17.7. The average molecular weight is 426 g/mol. The summed E-state index contributed by atoms with van der Waals surface area (Å²) in [6.45, 7) is 2.79. The summed E-state index contributed by atoms with van der Waals surface area (Å²) in [6, 6.07) is 5.27. The highest BCUT2D eigenvalue weighted by Gasteiger charge is 2.26. The molecule has 10 heteroatoms. The van der Waals surface area contributed by atoms with Crippen molar-refractivity contribution in [2.24, 2.45) is 5.73 Å². The summed E-state index contributed by atoms with van der Waals surface area (Å²) in [7, 11) is 3.18. The predicted octanol–water partition coefficient (Wildman–Crippen LogP) is 0.921. The first-order valence-corrected chi connectivity index (χ1v) is 9.27. The minimum atomic E-state index is -0.451. The van der Waals surface area contributed by atoms with Crippen LogP contribution in [0.3, 0.4) is 0 Å². The van der Waals surface area contributed by atoms with Crippen molar-refractivity contribution in [1.29, 1.82) is 0 Å². The highest BCUT2D eigenvalue weighted by atomic mass is 35.5. The summed E-state index contributed by atoms with van der Waals surface area (Å²) >= 11 is 0. The molecule has 2 atom stereocenters. The van der Waals surface area contributed by atoms with Crippen molar-refractivity contribution in [3.05, 3.63) is 35.4 Å². The van der Waals surface area contributed by atoms with Crippen molar-refractivity contribution in [2.45, 2.75) is 38.5 Å². The number of β-amino-alcohol motifs (C(OH)–C–C–N with tert-alkyl or cyclic N) is 1. The molecule has 1 aliphatic rings. The number of hydrogen-bond acceptors (Lipinski definition) is 7. The molecular weight excluding hydrogens is 398 g/mol. The van der Waals surface area contributed by atoms with E-state index in [1.807, 2.05) is 25.1 Å². The van der Waals surface area contributed by atoms with Crippen LogP contribution in [-0.4, -0.2) is 64.1 Å². The second-order valence-corrected chi connectivity index (χ2v) is 6.98. The van der Waals surface area contributed by atoms with E-state index in [-0.39, 0.29) is 30.9 Å². The van der Waals surface area contributed by atoms with Crippen LogP contribution in [0.5, 0.6) is 11.5 Å². The van der Waals surface area contributed by atoms with Crippen molar-refractivity contribution in [1.82, 2.24) is 19.7 Å². The Morgan fingerprint density at radius 1 is 1.34 bits per heavy atom. The molecule has 9 nitrogen and oxygen atoms in total. The summed E-state index contributed by atoms with van der Waals surface area (Å²) < 4.78 is 12.2. The van der Waals surface area contributed by atoms with Gasteiger partial charge in [-0.3, -0.25) is 4.79 Å². The molecule has 29 heavy (non-hydrogen) atoms. The van der Waals surface area contributed by atoms with Crippen LogP contribution in [0.4, 0.5) is 0 Å². The lowest BCUT2D eigenvalue weighted by Crippen LogP contribution is -2.33. The first-order valence-electron chi connectivity index (χ1n) is 9.27. The van der Waals surface area contributed by atoms with Gasteiger partial charge in [0, 0.05) is 19.5 Å². The summed E-state index contributed by atoms with van der Waals surface area (Å²) in [5, 5.41) is 14.1. The quantitative estimate of drug-likeness (QED) is 0.677. The van der Waals surface area contributed by atoms with E-state index < -0.39 is 6.10 Å². The van der Waals surface area contributed by atoms with Crippen LogP contribution in [-0.2, 0) is 17.8 Å². The van der Waals surface area contributed by atoms with E-state index >= 15 is 0 Å². The maximum Gasteiger partial charge on any atom is 0.244 e. The van der Waals surface area contributed by atoms with Crippen LogP contribution in [0.15, 0.2) is 18.2 Å². The molecule has 1 amide bonds. The second kappa shape index (κ2) is 9.91. The molecule has 3 rings (SSSR count). The molecule has 160 valence electrons. The molecule has 0 bridgehead atoms. The normalized spacial score (nSPS) is 17.0. The van der Waals surface area contributed by atoms with Gasteiger partial charge in [-0.15, -0.1) is 12.4 Å². The average Bonchev–Trinajstić information content (AvgIpc) is 3.28. The Kier molecular flexibility index (Phi) is 7.83. The molecule has 2 heterocycles. The Labute approximate surface area is 176 Å². The number of nitrogens with two attached hydrogens (primary N) is 1. The largest absolute Gasteiger partial charge is 0.493 e. The molecule has 0 radical (unpaired) electrons. The van der Waals surface area contributed by atoms with Gasteiger partial charge in [0.1, 0.15) is 12.4 Å². The Morgan fingerprint density at radius 2 is 2.07 bits per heavy atom. The van der Waals surface area contributed by atoms with Gasteiger partial charge in [-0.25, -0.2) is 9.67 Å². The van der Waals surface area contributed by atoms with Crippen LogP contribution in [0.25, 0.3) is 0 Å². The number of benzene rings is 1. The Balaban J connectivity index is 0.00000300. The number of aliphatic hydroxyl groups is 1. The van der Waals surface area contributed by atoms with Gasteiger partial charge < -0.3 is 25.2 Å². The van der Waals surface area contributed by atoms with E-state index in [4.69, 9.17) is 15.2 Å². The molecule has 2 aromatic rings. The van der Waals surface area contributed by atoms with Crippen LogP contribution < -0.4 is 15.2 Å². The number of aliphatic hydroxyl groups excluding tert-OH is 1. The summed E-state index contributed by atoms with van der Waals surface area (Å²) in [6.07, 6.45) is 0.630. The summed E-state index contributed by atoms with van der Waals surface area (Å²) in [4.78, 5) is 18.7. The van der Waals surface area contributed by atoms with Gasteiger partial charge in [-0.1, -0.05) is 6.07 Å². The Bertz CT molecular complexity index is 842. The first kappa shape index (κ1) is 22.9. The third kappa shape index (κ3) is 5.37. The Morgan fingerprint density at radius 3 is 2.66 bits per heavy atom. The highest BCUT2D eigenvalue weighted by Crippen LogP contribution is 2.28. The maximum atomic E-state index is 12.5. The molecule has 1 aromatic carbocycles. The third-order valence-electron chi connectivity index (χ3n) is 4.76. The second-order valence-electron chi connectivity index (χ2n) is 6.98. The van der Waals surface area contributed by atoms with Gasteiger partial charge in [-0.2, -0.15) is 5.10 Å². The summed E-state index contributed by atoms with van der Waals surface area (Å²) in [5.74, 6) is 2.33. The lowest BCUT2D eigenvalue weighted by molar-refractivity contribution is -0.131. The number of carbonyl (C=O) groups excluding carboxylic acids is 1. The van der Waals surface area contributed by atoms with E-state index in [2.05, 4.69) is 10.1 Å². The highest BCUT2D eigenvalue weighted by molar-refractivity contribution is 5.85. The zero-order chi connectivity index (χ0) is 20.3. The van der Waals surface area contributed by atoms with Crippen molar-refractivity contribution < 1.29 is 19.4 Å². The lowest BCUT2D eigenvalue weighted by atomic mass is 10.1. The Hall–Kier alpha value is -2.36. The molecule has 0 spiro atoms. The number of aromatic nitrogens is 3. The van der Waals surface area contributed by atoms with Gasteiger partial charge in [0.05, 0.1) is 26.4 Å². The lowest BCUT2D eigenvalue weighted by Gasteiger charge is -2.16. The van der Waals surface area contributed by atoms with Gasteiger partial charge in [0.25, 0.3) is 0 Å². The first-order chi connectivity index (χ1) is 13.4. The molecule has 0 saturated carbocycles. The summed E-state index contributed by atoms with van der Waals surface area (Å²) in [5.41, 5.74) is 6.99. The van der Waals surface area contributed by atoms with Crippen LogP contribution in [0.2, 0.25) is 0 Å². The van der Waals surface area contributed by atoms with E-state index in [0.29, 0.717) is 49.1 Å². The minimum Gasteiger partial charge on any atom is -0.493 e. The molecule has 1 fully saturated rings. The standard InChI is InChI=1S/C19H27N5O4.ClH/c1-12(20)19-21-17(9-13-4-5-15(27-2)16(8-13)28-3)22-24(19)11-18(26)23-7-6-14(25)10-23;/h4-5,8,12,14,25H,6-7,9-11,20H2,1-3H3;1H/t12-,14-;/m1./s1. The van der Waals surface area contributed by atoms with Crippen LogP contribution in [0.1, 0.15) is 36.6 Å². The van der Waals surface area contributed by atoms with E-state index in [1.165, 1.54) is 0 Å². The molecule has 1 aromatic heterocycles. The van der Waals surface area contributed by atoms with Gasteiger partial charge >= 0.3 is 0 Å². The fourth-order valence-electron chi connectivity index (χ4n) is 3.30. The fraction of sp³-hybridized carbons (Fsp3) is 0.526. The molecule has 3 N–H and O–H groups in total. The van der Waals surface area contributed by atoms with Crippen LogP contribution >= 0.6 is 12.4 Å². The molecule has 0 unspecified atom stereocenters. The van der Waals surface area contributed by atoms with Gasteiger partial charge in [0.2, 0.25) is 5.91 Å². The van der Waals surface area contributed by atoms with Gasteiger partial charge in [0.15, 0.2) is 17.3 Å². The van der Waals surface area contributed by atoms with Crippen LogP contribution in [0, 0.1) is 0 Å². The van der Waals surface area contributed by atoms with Gasteiger partial charge in [-0.05, 0) is 31.0 Å². The number of ether oxygens (including phenoxy) is 2. The monoisotopic (exact) mass is 425 g/mol. The topological polar surface area (TPSA) is 116 Å². The van der Waals surface area contributed by atoms with Crippen molar-refractivity contribution in [3.8, 4) is 11.5 Å². The number of methoxy groups -OCH3 is 2.